The van der Waals surface area contributed by atoms with E-state index >= 15 is 0 Å². The first-order valence-corrected chi connectivity index (χ1v) is 15.4. The zero-order valence-corrected chi connectivity index (χ0v) is 22.9. The van der Waals surface area contributed by atoms with Crippen LogP contribution < -0.4 is 9.47 Å². The van der Waals surface area contributed by atoms with Gasteiger partial charge in [0.15, 0.2) is 0 Å². The SMILES string of the molecule is COc1ccc(-c2ccc(Oc3ccc(S(=O)(=O)c4ccc(C)c(S(=O)(=O)O)c4)cc3)c(S(=O)(=O)O)c2)cc1. The minimum absolute atomic E-state index is 0.0681. The van der Waals surface area contributed by atoms with Crippen molar-refractivity contribution in [2.75, 3.05) is 7.11 Å². The second-order valence-electron chi connectivity index (χ2n) is 8.34. The number of hydrogen-bond donors (Lipinski definition) is 2. The summed E-state index contributed by atoms with van der Waals surface area (Å²) in [6, 6.07) is 19.3. The Balaban J connectivity index is 1.65. The normalized spacial score (nSPS) is 12.2. The second-order valence-corrected chi connectivity index (χ2v) is 13.1. The summed E-state index contributed by atoms with van der Waals surface area (Å²) in [4.78, 5) is -1.58. The van der Waals surface area contributed by atoms with Crippen molar-refractivity contribution in [3.8, 4) is 28.4 Å². The molecule has 0 heterocycles. The lowest BCUT2D eigenvalue weighted by molar-refractivity contribution is 0.415. The Bertz CT molecular complexity index is 1860. The summed E-state index contributed by atoms with van der Waals surface area (Å²) in [7, 11) is -12.0. The van der Waals surface area contributed by atoms with Gasteiger partial charge in [0.25, 0.3) is 20.2 Å². The summed E-state index contributed by atoms with van der Waals surface area (Å²) in [5.74, 6) is 0.487. The van der Waals surface area contributed by atoms with Crippen LogP contribution in [0.1, 0.15) is 5.56 Å². The van der Waals surface area contributed by atoms with E-state index in [2.05, 4.69) is 0 Å². The molecule has 2 N–H and O–H groups in total. The lowest BCUT2D eigenvalue weighted by atomic mass is 10.1. The van der Waals surface area contributed by atoms with Gasteiger partial charge in [0.1, 0.15) is 22.1 Å². The molecule has 204 valence electrons. The summed E-state index contributed by atoms with van der Waals surface area (Å²) in [5, 5.41) is 0. The van der Waals surface area contributed by atoms with Crippen LogP contribution in [0.3, 0.4) is 0 Å². The topological polar surface area (TPSA) is 161 Å². The molecule has 4 aromatic rings. The predicted octanol–water partition coefficient (Wildman–Crippen LogP) is 4.79. The monoisotopic (exact) mass is 590 g/mol. The number of hydrogen-bond acceptors (Lipinski definition) is 8. The van der Waals surface area contributed by atoms with Crippen LogP contribution in [0.5, 0.6) is 17.2 Å². The molecule has 0 aliphatic carbocycles. The van der Waals surface area contributed by atoms with Crippen LogP contribution in [-0.2, 0) is 30.1 Å². The largest absolute Gasteiger partial charge is 0.497 e. The molecular formula is C26H22O10S3. The van der Waals surface area contributed by atoms with Gasteiger partial charge >= 0.3 is 0 Å². The van der Waals surface area contributed by atoms with Crippen LogP contribution >= 0.6 is 0 Å². The highest BCUT2D eigenvalue weighted by Crippen LogP contribution is 2.34. The van der Waals surface area contributed by atoms with Gasteiger partial charge in [-0.2, -0.15) is 16.8 Å². The van der Waals surface area contributed by atoms with Crippen molar-refractivity contribution >= 4 is 30.1 Å². The summed E-state index contributed by atoms with van der Waals surface area (Å²) in [5.41, 5.74) is 1.32. The first-order chi connectivity index (χ1) is 18.2. The van der Waals surface area contributed by atoms with Gasteiger partial charge < -0.3 is 9.47 Å². The summed E-state index contributed by atoms with van der Waals surface area (Å²) < 4.78 is 103. The highest BCUT2D eigenvalue weighted by molar-refractivity contribution is 7.91. The Morgan fingerprint density at radius 3 is 1.69 bits per heavy atom. The van der Waals surface area contributed by atoms with Crippen molar-refractivity contribution < 1.29 is 43.8 Å². The first kappa shape index (κ1) is 28.3. The Labute approximate surface area is 225 Å². The third-order valence-electron chi connectivity index (χ3n) is 5.75. The molecule has 13 heteroatoms. The lowest BCUT2D eigenvalue weighted by Gasteiger charge is -2.13. The van der Waals surface area contributed by atoms with E-state index in [0.717, 1.165) is 6.07 Å². The minimum Gasteiger partial charge on any atom is -0.497 e. The molecule has 0 atom stereocenters. The fraction of sp³-hybridized carbons (Fsp3) is 0.0769. The number of ether oxygens (including phenoxy) is 2. The number of rotatable bonds is 8. The van der Waals surface area contributed by atoms with Crippen LogP contribution in [0.4, 0.5) is 0 Å². The quantitative estimate of drug-likeness (QED) is 0.273. The first-order valence-electron chi connectivity index (χ1n) is 11.1. The highest BCUT2D eigenvalue weighted by atomic mass is 32.2. The maximum absolute atomic E-state index is 13.1. The molecule has 0 saturated carbocycles. The van der Waals surface area contributed by atoms with E-state index in [4.69, 9.17) is 9.47 Å². The molecule has 0 radical (unpaired) electrons. The van der Waals surface area contributed by atoms with Gasteiger partial charge in [-0.15, -0.1) is 0 Å². The van der Waals surface area contributed by atoms with Crippen molar-refractivity contribution in [3.63, 3.8) is 0 Å². The fourth-order valence-corrected chi connectivity index (χ4v) is 6.48. The van der Waals surface area contributed by atoms with Gasteiger partial charge in [-0.05, 0) is 84.3 Å². The molecule has 0 saturated heterocycles. The van der Waals surface area contributed by atoms with Gasteiger partial charge in [0, 0.05) is 0 Å². The third kappa shape index (κ3) is 6.13. The Morgan fingerprint density at radius 1 is 0.590 bits per heavy atom. The van der Waals surface area contributed by atoms with E-state index in [1.54, 1.807) is 30.3 Å². The summed E-state index contributed by atoms with van der Waals surface area (Å²) in [6.07, 6.45) is 0. The Hall–Kier alpha value is -3.75. The second kappa shape index (κ2) is 10.4. The van der Waals surface area contributed by atoms with Crippen LogP contribution in [0.2, 0.25) is 0 Å². The molecule has 0 amide bonds. The Morgan fingerprint density at radius 2 is 1.13 bits per heavy atom. The third-order valence-corrected chi connectivity index (χ3v) is 9.39. The van der Waals surface area contributed by atoms with Crippen LogP contribution in [0.15, 0.2) is 105 Å². The maximum Gasteiger partial charge on any atom is 0.298 e. The summed E-state index contributed by atoms with van der Waals surface area (Å²) in [6.45, 7) is 1.41. The molecule has 0 fully saturated rings. The van der Waals surface area contributed by atoms with Gasteiger partial charge in [-0.25, -0.2) is 8.42 Å². The van der Waals surface area contributed by atoms with Crippen LogP contribution in [0.25, 0.3) is 11.1 Å². The average molecular weight is 591 g/mol. The van der Waals surface area contributed by atoms with E-state index in [1.165, 1.54) is 62.6 Å². The van der Waals surface area contributed by atoms with Crippen LogP contribution in [0, 0.1) is 6.92 Å². The predicted molar refractivity (Wildman–Crippen MR) is 141 cm³/mol. The number of aryl methyl sites for hydroxylation is 1. The maximum atomic E-state index is 13.1. The zero-order chi connectivity index (χ0) is 28.6. The molecule has 0 unspecified atom stereocenters. The molecule has 4 aromatic carbocycles. The zero-order valence-electron chi connectivity index (χ0n) is 20.5. The molecule has 39 heavy (non-hydrogen) atoms. The highest BCUT2D eigenvalue weighted by Gasteiger charge is 2.23. The van der Waals surface area contributed by atoms with Gasteiger partial charge in [-0.1, -0.05) is 24.3 Å². The van der Waals surface area contributed by atoms with E-state index in [1.807, 2.05) is 0 Å². The van der Waals surface area contributed by atoms with E-state index < -0.39 is 39.9 Å². The fourth-order valence-electron chi connectivity index (χ4n) is 3.73. The van der Waals surface area contributed by atoms with E-state index in [9.17, 15) is 34.4 Å². The van der Waals surface area contributed by atoms with E-state index in [0.29, 0.717) is 16.9 Å². The molecular weight excluding hydrogens is 568 g/mol. The number of sulfone groups is 1. The molecule has 0 aliphatic rings. The van der Waals surface area contributed by atoms with Gasteiger partial charge in [-0.3, -0.25) is 9.11 Å². The Kier molecular flexibility index (Phi) is 7.56. The van der Waals surface area contributed by atoms with E-state index in [-0.39, 0.29) is 26.9 Å². The van der Waals surface area contributed by atoms with Crippen molar-refractivity contribution in [2.24, 2.45) is 0 Å². The van der Waals surface area contributed by atoms with Crippen LogP contribution in [-0.4, -0.2) is 41.5 Å². The number of benzene rings is 4. The standard InChI is InChI=1S/C26H22O10S3/c1-17-3-11-23(16-25(17)38(29,30)31)37(27,28)22-12-9-21(10-13-22)36-24-14-6-19(15-26(24)39(32,33)34)18-4-7-20(35-2)8-5-18/h3-16H,1-2H3,(H,29,30,31)(H,32,33,34). The lowest BCUT2D eigenvalue weighted by Crippen LogP contribution is -2.06. The minimum atomic E-state index is -4.70. The van der Waals surface area contributed by atoms with Crippen molar-refractivity contribution in [1.29, 1.82) is 0 Å². The summed E-state index contributed by atoms with van der Waals surface area (Å²) >= 11 is 0. The van der Waals surface area contributed by atoms with Crippen molar-refractivity contribution in [1.82, 2.24) is 0 Å². The molecule has 10 nitrogen and oxygen atoms in total. The molecule has 0 spiro atoms. The van der Waals surface area contributed by atoms with Gasteiger partial charge in [0.05, 0.1) is 21.8 Å². The molecule has 4 rings (SSSR count). The smallest absolute Gasteiger partial charge is 0.298 e. The number of methoxy groups -OCH3 is 1. The average Bonchev–Trinajstić information content (AvgIpc) is 2.88. The molecule has 0 aromatic heterocycles. The van der Waals surface area contributed by atoms with Crippen molar-refractivity contribution in [2.45, 2.75) is 26.5 Å². The molecule has 0 bridgehead atoms. The van der Waals surface area contributed by atoms with Crippen molar-refractivity contribution in [3.05, 3.63) is 90.5 Å². The molecule has 0 aliphatic heterocycles. The van der Waals surface area contributed by atoms with Gasteiger partial charge in [0.2, 0.25) is 9.84 Å².